The second kappa shape index (κ2) is 5.74. The van der Waals surface area contributed by atoms with E-state index in [-0.39, 0.29) is 0 Å². The van der Waals surface area contributed by atoms with E-state index >= 15 is 0 Å². The first-order chi connectivity index (χ1) is 12.2. The van der Waals surface area contributed by atoms with Gasteiger partial charge >= 0.3 is 0 Å². The number of anilines is 1. The lowest BCUT2D eigenvalue weighted by Gasteiger charge is -2.44. The molecule has 1 saturated carbocycles. The maximum atomic E-state index is 4.79. The van der Waals surface area contributed by atoms with Crippen LogP contribution in [0.3, 0.4) is 0 Å². The molecular weight excluding hydrogens is 334 g/mol. The van der Waals surface area contributed by atoms with Crippen LogP contribution in [0.1, 0.15) is 34.5 Å². The highest BCUT2D eigenvalue weighted by Crippen LogP contribution is 2.38. The molecule has 2 fully saturated rings. The van der Waals surface area contributed by atoms with E-state index < -0.39 is 0 Å². The Kier molecular flexibility index (Phi) is 3.49. The predicted molar refractivity (Wildman–Crippen MR) is 97.1 cm³/mol. The van der Waals surface area contributed by atoms with Gasteiger partial charge < -0.3 is 4.90 Å². The fraction of sp³-hybridized carbons (Fsp3) is 0.529. The number of aryl methyl sites for hydroxylation is 1. The largest absolute Gasteiger partial charge is 0.352 e. The molecule has 0 radical (unpaired) electrons. The Labute approximate surface area is 150 Å². The van der Waals surface area contributed by atoms with Gasteiger partial charge in [-0.1, -0.05) is 0 Å². The van der Waals surface area contributed by atoms with Gasteiger partial charge in [0.15, 0.2) is 11.5 Å². The van der Waals surface area contributed by atoms with E-state index in [1.54, 1.807) is 11.3 Å². The molecule has 0 N–H and O–H groups in total. The van der Waals surface area contributed by atoms with E-state index in [9.17, 15) is 0 Å². The summed E-state index contributed by atoms with van der Waals surface area (Å²) in [6.45, 7) is 5.04. The van der Waals surface area contributed by atoms with Crippen molar-refractivity contribution in [2.75, 3.05) is 25.0 Å². The second-order valence-electron chi connectivity index (χ2n) is 7.11. The van der Waals surface area contributed by atoms with Crippen molar-refractivity contribution >= 4 is 22.8 Å². The Hall–Kier alpha value is -2.06. The molecule has 130 valence electrons. The molecule has 25 heavy (non-hydrogen) atoms. The first-order valence-electron chi connectivity index (χ1n) is 8.76. The molecule has 5 rings (SSSR count). The van der Waals surface area contributed by atoms with Gasteiger partial charge in [-0.2, -0.15) is 4.52 Å². The lowest BCUT2D eigenvalue weighted by atomic mass is 10.1. The Morgan fingerprint density at radius 2 is 2.08 bits per heavy atom. The quantitative estimate of drug-likeness (QED) is 0.698. The highest BCUT2D eigenvalue weighted by Gasteiger charge is 2.33. The van der Waals surface area contributed by atoms with Gasteiger partial charge in [0, 0.05) is 42.7 Å². The van der Waals surface area contributed by atoms with Crippen LogP contribution in [-0.2, 0) is 6.54 Å². The molecule has 3 aromatic heterocycles. The Balaban J connectivity index is 1.26. The van der Waals surface area contributed by atoms with Crippen molar-refractivity contribution in [3.63, 3.8) is 0 Å². The molecule has 0 spiro atoms. The van der Waals surface area contributed by atoms with Crippen LogP contribution in [0.25, 0.3) is 5.65 Å². The van der Waals surface area contributed by atoms with Crippen molar-refractivity contribution in [3.05, 3.63) is 34.0 Å². The second-order valence-corrected chi connectivity index (χ2v) is 8.43. The lowest BCUT2D eigenvalue weighted by Crippen LogP contribution is -2.58. The van der Waals surface area contributed by atoms with Crippen LogP contribution in [0.2, 0.25) is 0 Å². The molecule has 0 aromatic carbocycles. The highest BCUT2D eigenvalue weighted by molar-refractivity contribution is 7.11. The third-order valence-electron chi connectivity index (χ3n) is 5.10. The smallest absolute Gasteiger partial charge is 0.178 e. The van der Waals surface area contributed by atoms with Crippen molar-refractivity contribution in [3.8, 4) is 0 Å². The average molecular weight is 355 g/mol. The van der Waals surface area contributed by atoms with Gasteiger partial charge in [0.25, 0.3) is 0 Å². The highest BCUT2D eigenvalue weighted by atomic mass is 32.1. The molecule has 0 bridgehead atoms. The molecule has 7 nitrogen and oxygen atoms in total. The average Bonchev–Trinajstić information content (AvgIpc) is 3.18. The fourth-order valence-electron chi connectivity index (χ4n) is 3.34. The van der Waals surface area contributed by atoms with Crippen LogP contribution in [0.15, 0.2) is 18.3 Å². The van der Waals surface area contributed by atoms with Crippen LogP contribution in [0.5, 0.6) is 0 Å². The van der Waals surface area contributed by atoms with Crippen molar-refractivity contribution in [2.24, 2.45) is 0 Å². The van der Waals surface area contributed by atoms with E-state index in [0.29, 0.717) is 12.0 Å². The van der Waals surface area contributed by atoms with Gasteiger partial charge in [-0.25, -0.2) is 4.98 Å². The van der Waals surface area contributed by atoms with E-state index in [1.807, 2.05) is 16.8 Å². The van der Waals surface area contributed by atoms with Gasteiger partial charge in [0.05, 0.1) is 5.01 Å². The summed E-state index contributed by atoms with van der Waals surface area (Å²) < 4.78 is 1.93. The van der Waals surface area contributed by atoms with Crippen LogP contribution >= 0.6 is 11.3 Å². The molecular formula is C17H21N7S. The lowest BCUT2D eigenvalue weighted by molar-refractivity contribution is 0.198. The minimum absolute atomic E-state index is 0.552. The van der Waals surface area contributed by atoms with Crippen LogP contribution in [0, 0.1) is 6.92 Å². The minimum atomic E-state index is 0.552. The molecule has 3 aromatic rings. The Morgan fingerprint density at radius 1 is 1.24 bits per heavy atom. The van der Waals surface area contributed by atoms with Gasteiger partial charge in [-0.05, 0) is 38.9 Å². The molecule has 4 heterocycles. The fourth-order valence-corrected chi connectivity index (χ4v) is 4.19. The zero-order valence-electron chi connectivity index (χ0n) is 14.5. The molecule has 1 saturated heterocycles. The van der Waals surface area contributed by atoms with Crippen molar-refractivity contribution in [1.29, 1.82) is 0 Å². The third-order valence-corrected chi connectivity index (χ3v) is 6.00. The number of hydrogen-bond acceptors (Lipinski definition) is 7. The summed E-state index contributed by atoms with van der Waals surface area (Å²) in [5.74, 6) is 2.59. The maximum Gasteiger partial charge on any atom is 0.178 e. The maximum absolute atomic E-state index is 4.79. The Bertz CT molecular complexity index is 907. The molecule has 2 aliphatic rings. The SMILES string of the molecule is Cc1ncc(CN(C)C2CN(c3ccc4nnc(C5CC5)n4n3)C2)s1. The van der Waals surface area contributed by atoms with Gasteiger partial charge in [0.1, 0.15) is 5.82 Å². The monoisotopic (exact) mass is 355 g/mol. The zero-order valence-corrected chi connectivity index (χ0v) is 15.3. The van der Waals surface area contributed by atoms with E-state index in [1.165, 1.54) is 17.7 Å². The van der Waals surface area contributed by atoms with Gasteiger partial charge in [-0.15, -0.1) is 26.6 Å². The summed E-state index contributed by atoms with van der Waals surface area (Å²) in [7, 11) is 2.19. The summed E-state index contributed by atoms with van der Waals surface area (Å²) in [6, 6.07) is 4.64. The molecule has 1 aliphatic carbocycles. The standard InChI is InChI=1S/C17H21N7S/c1-11-18-7-14(25-11)10-22(2)13-8-23(9-13)16-6-5-15-19-20-17(12-3-4-12)24(15)21-16/h5-7,12-13H,3-4,8-10H2,1-2H3. The Morgan fingerprint density at radius 3 is 2.80 bits per heavy atom. The zero-order chi connectivity index (χ0) is 17.0. The van der Waals surface area contributed by atoms with Crippen molar-refractivity contribution in [2.45, 2.75) is 38.3 Å². The number of nitrogens with zero attached hydrogens (tertiary/aromatic N) is 7. The summed E-state index contributed by atoms with van der Waals surface area (Å²) in [4.78, 5) is 10.4. The molecule has 0 atom stereocenters. The molecule has 0 unspecified atom stereocenters. The van der Waals surface area contributed by atoms with Crippen molar-refractivity contribution < 1.29 is 0 Å². The number of thiazole rings is 1. The number of likely N-dealkylation sites (N-methyl/N-ethyl adjacent to an activating group) is 1. The van der Waals surface area contributed by atoms with E-state index in [0.717, 1.165) is 41.9 Å². The first-order valence-corrected chi connectivity index (χ1v) is 9.58. The first kappa shape index (κ1) is 15.2. The topological polar surface area (TPSA) is 62.5 Å². The normalized spacial score (nSPS) is 18.3. The summed E-state index contributed by atoms with van der Waals surface area (Å²) in [5.41, 5.74) is 0.848. The van der Waals surface area contributed by atoms with Gasteiger partial charge in [-0.3, -0.25) is 4.90 Å². The summed E-state index contributed by atoms with van der Waals surface area (Å²) in [5, 5.41) is 14.5. The molecule has 1 aliphatic heterocycles. The summed E-state index contributed by atoms with van der Waals surface area (Å²) in [6.07, 6.45) is 4.41. The minimum Gasteiger partial charge on any atom is -0.352 e. The molecule has 8 heteroatoms. The van der Waals surface area contributed by atoms with E-state index in [2.05, 4.69) is 45.0 Å². The molecule has 0 amide bonds. The third kappa shape index (κ3) is 2.79. The van der Waals surface area contributed by atoms with Crippen molar-refractivity contribution in [1.82, 2.24) is 29.7 Å². The number of fused-ring (bicyclic) bond motifs is 1. The number of aromatic nitrogens is 5. The van der Waals surface area contributed by atoms with Crippen LogP contribution < -0.4 is 4.90 Å². The number of hydrogen-bond donors (Lipinski definition) is 0. The van der Waals surface area contributed by atoms with Crippen LogP contribution in [-0.4, -0.2) is 55.9 Å². The van der Waals surface area contributed by atoms with E-state index in [4.69, 9.17) is 5.10 Å². The van der Waals surface area contributed by atoms with Gasteiger partial charge in [0.2, 0.25) is 0 Å². The predicted octanol–water partition coefficient (Wildman–Crippen LogP) is 2.09. The number of rotatable bonds is 5. The summed E-state index contributed by atoms with van der Waals surface area (Å²) >= 11 is 1.78. The van der Waals surface area contributed by atoms with Crippen LogP contribution in [0.4, 0.5) is 5.82 Å².